The van der Waals surface area contributed by atoms with Gasteiger partial charge in [-0.1, -0.05) is 0 Å². The van der Waals surface area contributed by atoms with Gasteiger partial charge in [-0.25, -0.2) is 0 Å². The molecule has 1 heterocycles. The van der Waals surface area contributed by atoms with Crippen LogP contribution in [0.3, 0.4) is 0 Å². The van der Waals surface area contributed by atoms with Crippen molar-refractivity contribution in [2.45, 2.75) is 38.8 Å². The first kappa shape index (κ1) is 16.5. The van der Waals surface area contributed by atoms with Crippen LogP contribution in [0.5, 0.6) is 0 Å². The lowest BCUT2D eigenvalue weighted by Crippen LogP contribution is -2.43. The Morgan fingerprint density at radius 3 is 2.05 bits per heavy atom. The van der Waals surface area contributed by atoms with Crippen LogP contribution in [-0.4, -0.2) is 58.7 Å². The zero-order valence-corrected chi connectivity index (χ0v) is 14.1. The molecule has 0 N–H and O–H groups in total. The first-order valence-corrected chi connectivity index (χ1v) is 8.64. The van der Waals surface area contributed by atoms with E-state index in [9.17, 15) is 0 Å². The summed E-state index contributed by atoms with van der Waals surface area (Å²) in [5, 5.41) is 0. The standard InChI is InChI=1S/C13H28N2O3Si/c1-13(2,3)15-10-9-14(12-15)8-7-11-19(16-4,17-5)18-6/h9-10H,7-8,11-12H2,1-6H3. The fourth-order valence-corrected chi connectivity index (χ4v) is 3.80. The van der Waals surface area contributed by atoms with E-state index in [-0.39, 0.29) is 5.54 Å². The number of nitrogens with zero attached hydrogens (tertiary/aromatic N) is 2. The Bertz CT molecular complexity index is 292. The maximum atomic E-state index is 5.42. The van der Waals surface area contributed by atoms with Crippen molar-refractivity contribution in [3.8, 4) is 0 Å². The highest BCUT2D eigenvalue weighted by molar-refractivity contribution is 6.60. The summed E-state index contributed by atoms with van der Waals surface area (Å²) < 4.78 is 16.3. The normalized spacial score (nSPS) is 16.5. The van der Waals surface area contributed by atoms with Gasteiger partial charge in [-0.3, -0.25) is 0 Å². The molecule has 0 saturated heterocycles. The van der Waals surface area contributed by atoms with E-state index in [1.54, 1.807) is 21.3 Å². The zero-order chi connectivity index (χ0) is 14.5. The molecule has 6 heteroatoms. The Kier molecular flexibility index (Phi) is 5.85. The molecule has 0 atom stereocenters. The van der Waals surface area contributed by atoms with Crippen molar-refractivity contribution < 1.29 is 13.3 Å². The van der Waals surface area contributed by atoms with Gasteiger partial charge in [0.15, 0.2) is 0 Å². The third-order valence-electron chi connectivity index (χ3n) is 3.51. The molecule has 112 valence electrons. The van der Waals surface area contributed by atoms with Crippen molar-refractivity contribution in [3.63, 3.8) is 0 Å². The molecule has 1 rings (SSSR count). The molecule has 0 unspecified atom stereocenters. The summed E-state index contributed by atoms with van der Waals surface area (Å²) in [5.74, 6) is 0. The van der Waals surface area contributed by atoms with Gasteiger partial charge in [-0.2, -0.15) is 0 Å². The van der Waals surface area contributed by atoms with E-state index in [0.29, 0.717) is 0 Å². The summed E-state index contributed by atoms with van der Waals surface area (Å²) in [6.45, 7) is 8.61. The maximum Gasteiger partial charge on any atom is 0.500 e. The molecule has 0 saturated carbocycles. The van der Waals surface area contributed by atoms with Crippen molar-refractivity contribution in [2.24, 2.45) is 0 Å². The summed E-state index contributed by atoms with van der Waals surface area (Å²) in [5.41, 5.74) is 0.176. The van der Waals surface area contributed by atoms with E-state index >= 15 is 0 Å². The lowest BCUT2D eigenvalue weighted by molar-refractivity contribution is 0.120. The largest absolute Gasteiger partial charge is 0.500 e. The van der Waals surface area contributed by atoms with E-state index in [0.717, 1.165) is 25.7 Å². The predicted molar refractivity (Wildman–Crippen MR) is 78.5 cm³/mol. The average Bonchev–Trinajstić information content (AvgIpc) is 2.84. The van der Waals surface area contributed by atoms with Crippen LogP contribution in [0.1, 0.15) is 27.2 Å². The Balaban J connectivity index is 2.34. The molecule has 0 radical (unpaired) electrons. The summed E-state index contributed by atoms with van der Waals surface area (Å²) in [4.78, 5) is 4.64. The number of hydrogen-bond donors (Lipinski definition) is 0. The van der Waals surface area contributed by atoms with Gasteiger partial charge in [0.05, 0.1) is 6.67 Å². The van der Waals surface area contributed by atoms with Gasteiger partial charge < -0.3 is 23.1 Å². The molecule has 0 aromatic heterocycles. The highest BCUT2D eigenvalue weighted by atomic mass is 28.4. The second-order valence-corrected chi connectivity index (χ2v) is 8.88. The maximum absolute atomic E-state index is 5.42. The zero-order valence-electron chi connectivity index (χ0n) is 13.1. The van der Waals surface area contributed by atoms with Crippen LogP contribution in [0.4, 0.5) is 0 Å². The molecule has 0 aromatic carbocycles. The fourth-order valence-electron chi connectivity index (χ4n) is 2.10. The van der Waals surface area contributed by atoms with Crippen LogP contribution in [-0.2, 0) is 13.3 Å². The van der Waals surface area contributed by atoms with Crippen LogP contribution >= 0.6 is 0 Å². The number of rotatable bonds is 7. The Hall–Kier alpha value is -0.563. The first-order valence-electron chi connectivity index (χ1n) is 6.71. The smallest absolute Gasteiger partial charge is 0.377 e. The van der Waals surface area contributed by atoms with E-state index in [1.165, 1.54) is 0 Å². The SMILES string of the molecule is CO[Si](CCCN1C=CN(C(C)(C)C)C1)(OC)OC. The first-order chi connectivity index (χ1) is 8.87. The lowest BCUT2D eigenvalue weighted by atomic mass is 10.1. The van der Waals surface area contributed by atoms with Gasteiger partial charge in [0.25, 0.3) is 0 Å². The van der Waals surface area contributed by atoms with Crippen molar-refractivity contribution in [1.29, 1.82) is 0 Å². The molecular formula is C13H28N2O3Si. The van der Waals surface area contributed by atoms with E-state index in [4.69, 9.17) is 13.3 Å². The molecule has 0 bridgehead atoms. The monoisotopic (exact) mass is 288 g/mol. The van der Waals surface area contributed by atoms with E-state index in [2.05, 4.69) is 43.0 Å². The third-order valence-corrected chi connectivity index (χ3v) is 6.35. The molecule has 5 nitrogen and oxygen atoms in total. The van der Waals surface area contributed by atoms with Gasteiger partial charge >= 0.3 is 8.80 Å². The van der Waals surface area contributed by atoms with Gasteiger partial charge in [0.1, 0.15) is 0 Å². The second kappa shape index (κ2) is 6.74. The topological polar surface area (TPSA) is 34.2 Å². The van der Waals surface area contributed by atoms with Gasteiger partial charge in [-0.15, -0.1) is 0 Å². The molecule has 19 heavy (non-hydrogen) atoms. The average molecular weight is 288 g/mol. The van der Waals surface area contributed by atoms with Crippen LogP contribution in [0, 0.1) is 0 Å². The van der Waals surface area contributed by atoms with Crippen LogP contribution < -0.4 is 0 Å². The van der Waals surface area contributed by atoms with Crippen LogP contribution in [0.2, 0.25) is 6.04 Å². The molecule has 1 aliphatic rings. The highest BCUT2D eigenvalue weighted by Gasteiger charge is 2.37. The molecular weight excluding hydrogens is 260 g/mol. The van der Waals surface area contributed by atoms with Crippen molar-refractivity contribution in [1.82, 2.24) is 9.80 Å². The molecule has 0 amide bonds. The lowest BCUT2D eigenvalue weighted by Gasteiger charge is -2.33. The minimum absolute atomic E-state index is 0.176. The Morgan fingerprint density at radius 1 is 1.05 bits per heavy atom. The summed E-state index contributed by atoms with van der Waals surface area (Å²) >= 11 is 0. The predicted octanol–water partition coefficient (Wildman–Crippen LogP) is 2.10. The minimum atomic E-state index is -2.41. The van der Waals surface area contributed by atoms with Crippen LogP contribution in [0.25, 0.3) is 0 Å². The van der Waals surface area contributed by atoms with Gasteiger partial charge in [0.2, 0.25) is 0 Å². The Morgan fingerprint density at radius 2 is 1.63 bits per heavy atom. The summed E-state index contributed by atoms with van der Waals surface area (Å²) in [6.07, 6.45) is 5.32. The van der Waals surface area contributed by atoms with E-state index in [1.807, 2.05) is 0 Å². The van der Waals surface area contributed by atoms with Crippen molar-refractivity contribution in [3.05, 3.63) is 12.4 Å². The second-order valence-electron chi connectivity index (χ2n) is 5.79. The molecule has 0 aliphatic carbocycles. The van der Waals surface area contributed by atoms with Crippen molar-refractivity contribution >= 4 is 8.80 Å². The summed E-state index contributed by atoms with van der Waals surface area (Å²) in [6, 6.07) is 0.844. The fraction of sp³-hybridized carbons (Fsp3) is 0.846. The van der Waals surface area contributed by atoms with E-state index < -0.39 is 8.80 Å². The molecule has 0 spiro atoms. The summed E-state index contributed by atoms with van der Waals surface area (Å²) in [7, 11) is 2.58. The van der Waals surface area contributed by atoms with Gasteiger partial charge in [0, 0.05) is 51.9 Å². The van der Waals surface area contributed by atoms with Crippen LogP contribution in [0.15, 0.2) is 12.4 Å². The molecule has 0 aromatic rings. The molecule has 0 fully saturated rings. The highest BCUT2D eigenvalue weighted by Crippen LogP contribution is 2.21. The van der Waals surface area contributed by atoms with Crippen molar-refractivity contribution in [2.75, 3.05) is 34.5 Å². The quantitative estimate of drug-likeness (QED) is 0.670. The van der Waals surface area contributed by atoms with Gasteiger partial charge in [-0.05, 0) is 27.2 Å². The Labute approximate surface area is 118 Å². The number of hydrogen-bond acceptors (Lipinski definition) is 5. The molecule has 1 aliphatic heterocycles. The third kappa shape index (κ3) is 4.49. The minimum Gasteiger partial charge on any atom is -0.377 e.